The first kappa shape index (κ1) is 18.7. The van der Waals surface area contributed by atoms with Crippen molar-refractivity contribution < 1.29 is 14.3 Å². The number of carbonyl (C=O) groups excluding carboxylic acids is 1. The lowest BCUT2D eigenvalue weighted by Crippen LogP contribution is -2.43. The molecule has 0 heterocycles. The van der Waals surface area contributed by atoms with E-state index in [-0.39, 0.29) is 5.57 Å². The molecule has 0 N–H and O–H groups in total. The zero-order valence-corrected chi connectivity index (χ0v) is 18.1. The molecule has 1 aromatic rings. The highest BCUT2D eigenvalue weighted by molar-refractivity contribution is 9.30. The van der Waals surface area contributed by atoms with Crippen molar-refractivity contribution in [1.82, 2.24) is 0 Å². The molecule has 0 aliphatic rings. The third kappa shape index (κ3) is 4.83. The summed E-state index contributed by atoms with van der Waals surface area (Å²) in [5.41, 5.74) is 0.268. The molecule has 8 heteroatoms. The topological polar surface area (TPSA) is 35.5 Å². The van der Waals surface area contributed by atoms with Gasteiger partial charge in [0.25, 0.3) is 6.84 Å². The van der Waals surface area contributed by atoms with E-state index >= 15 is 0 Å². The fourth-order valence-corrected chi connectivity index (χ4v) is 2.32. The molecule has 0 radical (unpaired) electrons. The number of rotatable bonds is 5. The summed E-state index contributed by atoms with van der Waals surface area (Å²) < 4.78 is 9.16. The lowest BCUT2D eigenvalue weighted by atomic mass is 10.3. The normalized spacial score (nSPS) is 11.9. The molecule has 0 bridgehead atoms. The summed E-state index contributed by atoms with van der Waals surface area (Å²) in [6.07, 6.45) is 0. The monoisotopic (exact) mass is 596 g/mol. The van der Waals surface area contributed by atoms with Gasteiger partial charge >= 0.3 is 5.97 Å². The second kappa shape index (κ2) is 7.26. The molecule has 0 aliphatic carbocycles. The molecule has 0 fully saturated rings. The summed E-state index contributed by atoms with van der Waals surface area (Å²) >= 11 is 16.5. The Morgan fingerprint density at radius 3 is 2.20 bits per heavy atom. The van der Waals surface area contributed by atoms with Crippen molar-refractivity contribution in [1.29, 1.82) is 0 Å². The first-order valence-electron chi connectivity index (χ1n) is 5.15. The molecule has 0 spiro atoms. The highest BCUT2D eigenvalue weighted by atomic mass is 79.9. The number of hydrogen-bond donors (Lipinski definition) is 0. The smallest absolute Gasteiger partial charge is 0.335 e. The third-order valence-electron chi connectivity index (χ3n) is 1.98. The lowest BCUT2D eigenvalue weighted by Gasteiger charge is -2.34. The summed E-state index contributed by atoms with van der Waals surface area (Å²) in [7, 11) is 0. The lowest BCUT2D eigenvalue weighted by molar-refractivity contribution is -0.143. The van der Waals surface area contributed by atoms with E-state index in [2.05, 4.69) is 86.2 Å². The first-order chi connectivity index (χ1) is 9.07. The number of esters is 1. The number of benzene rings is 1. The molecule has 0 atom stereocenters. The highest BCUT2D eigenvalue weighted by Crippen LogP contribution is 2.51. The van der Waals surface area contributed by atoms with E-state index < -0.39 is 12.8 Å². The molecule has 20 heavy (non-hydrogen) atoms. The van der Waals surface area contributed by atoms with Gasteiger partial charge in [-0.25, -0.2) is 4.79 Å². The molecule has 0 saturated heterocycles. The maximum absolute atomic E-state index is 11.6. The SMILES string of the molecule is C=C(C)C(=O)OC(Br)(Br)C(Br)(Br)Oc1ccccc1Br. The van der Waals surface area contributed by atoms with Crippen molar-refractivity contribution in [3.63, 3.8) is 0 Å². The third-order valence-corrected chi connectivity index (χ3v) is 7.65. The van der Waals surface area contributed by atoms with Crippen LogP contribution in [0.4, 0.5) is 0 Å². The van der Waals surface area contributed by atoms with Gasteiger partial charge in [-0.3, -0.25) is 0 Å². The number of carbonyl (C=O) groups is 1. The number of para-hydroxylation sites is 1. The van der Waals surface area contributed by atoms with Crippen LogP contribution in [0.1, 0.15) is 6.92 Å². The van der Waals surface area contributed by atoms with Crippen LogP contribution >= 0.6 is 79.6 Å². The highest BCUT2D eigenvalue weighted by Gasteiger charge is 2.51. The number of alkyl halides is 4. The zero-order valence-electron chi connectivity index (χ0n) is 10.1. The van der Waals surface area contributed by atoms with Crippen molar-refractivity contribution in [2.45, 2.75) is 13.8 Å². The van der Waals surface area contributed by atoms with E-state index in [0.29, 0.717) is 5.75 Å². The van der Waals surface area contributed by atoms with Gasteiger partial charge in [0.2, 0.25) is 0 Å². The summed E-state index contributed by atoms with van der Waals surface area (Å²) in [6.45, 7) is 5.08. The predicted octanol–water partition coefficient (Wildman–Crippen LogP) is 5.83. The van der Waals surface area contributed by atoms with Crippen molar-refractivity contribution in [2.75, 3.05) is 0 Å². The van der Waals surface area contributed by atoms with Gasteiger partial charge in [0.15, 0.2) is 0 Å². The Labute approximate surface area is 159 Å². The van der Waals surface area contributed by atoms with Crippen LogP contribution in [0.25, 0.3) is 0 Å². The Kier molecular flexibility index (Phi) is 6.78. The van der Waals surface area contributed by atoms with Crippen LogP contribution in [0.15, 0.2) is 40.9 Å². The summed E-state index contributed by atoms with van der Waals surface area (Å²) in [5.74, 6) is -0.0198. The molecule has 0 aliphatic heterocycles. The molecular weight excluding hydrogens is 592 g/mol. The van der Waals surface area contributed by atoms with Crippen LogP contribution in [0, 0.1) is 0 Å². The summed E-state index contributed by atoms with van der Waals surface area (Å²) in [4.78, 5) is 11.6. The van der Waals surface area contributed by atoms with Crippen LogP contribution in [0.2, 0.25) is 0 Å². The fourth-order valence-electron chi connectivity index (χ4n) is 0.988. The van der Waals surface area contributed by atoms with Crippen molar-refractivity contribution in [3.8, 4) is 5.75 Å². The Hall–Kier alpha value is 0.630. The molecule has 110 valence electrons. The van der Waals surface area contributed by atoms with E-state index in [0.717, 1.165) is 4.47 Å². The van der Waals surface area contributed by atoms with E-state index in [4.69, 9.17) is 9.47 Å². The standard InChI is InChI=1S/C12H9Br5O3/c1-7(2)10(18)20-12(16,17)11(14,15)19-9-6-4-3-5-8(9)13/h3-6H,1H2,2H3. The van der Waals surface area contributed by atoms with E-state index in [9.17, 15) is 4.79 Å². The van der Waals surface area contributed by atoms with Crippen molar-refractivity contribution in [3.05, 3.63) is 40.9 Å². The Balaban J connectivity index is 2.94. The quantitative estimate of drug-likeness (QED) is 0.242. The van der Waals surface area contributed by atoms with E-state index in [1.54, 1.807) is 13.0 Å². The molecule has 1 rings (SSSR count). The Morgan fingerprint density at radius 1 is 1.15 bits per heavy atom. The average Bonchev–Trinajstić information content (AvgIpc) is 2.31. The van der Waals surface area contributed by atoms with Crippen LogP contribution < -0.4 is 4.74 Å². The van der Waals surface area contributed by atoms with Gasteiger partial charge in [-0.2, -0.15) is 0 Å². The largest absolute Gasteiger partial charge is 0.459 e. The Morgan fingerprint density at radius 2 is 1.70 bits per heavy atom. The van der Waals surface area contributed by atoms with Gasteiger partial charge in [0.05, 0.1) is 4.47 Å². The van der Waals surface area contributed by atoms with Gasteiger partial charge < -0.3 is 9.47 Å². The van der Waals surface area contributed by atoms with Gasteiger partial charge in [-0.15, -0.1) is 0 Å². The van der Waals surface area contributed by atoms with Crippen LogP contribution in [-0.4, -0.2) is 12.8 Å². The van der Waals surface area contributed by atoms with Gasteiger partial charge in [-0.05, 0) is 98.7 Å². The predicted molar refractivity (Wildman–Crippen MR) is 96.8 cm³/mol. The maximum Gasteiger partial charge on any atom is 0.335 e. The Bertz CT molecular complexity index is 528. The van der Waals surface area contributed by atoms with Crippen LogP contribution in [0.5, 0.6) is 5.75 Å². The summed E-state index contributed by atoms with van der Waals surface area (Å²) in [6, 6.07) is 7.27. The molecule has 3 nitrogen and oxygen atoms in total. The molecule has 0 saturated carbocycles. The molecule has 0 unspecified atom stereocenters. The van der Waals surface area contributed by atoms with Gasteiger partial charge in [0, 0.05) is 5.57 Å². The second-order valence-electron chi connectivity index (χ2n) is 3.74. The summed E-state index contributed by atoms with van der Waals surface area (Å²) in [5, 5.41) is 0. The molecule has 0 aromatic heterocycles. The van der Waals surface area contributed by atoms with Gasteiger partial charge in [0.1, 0.15) is 5.75 Å². The van der Waals surface area contributed by atoms with Gasteiger partial charge in [-0.1, -0.05) is 18.7 Å². The number of ether oxygens (including phenoxy) is 2. The first-order valence-corrected chi connectivity index (χ1v) is 9.11. The molecule has 0 amide bonds. The van der Waals surface area contributed by atoms with Crippen LogP contribution in [-0.2, 0) is 9.53 Å². The van der Waals surface area contributed by atoms with Crippen molar-refractivity contribution >= 4 is 85.6 Å². The molecular formula is C12H9Br5O3. The number of hydrogen-bond acceptors (Lipinski definition) is 3. The molecule has 1 aromatic carbocycles. The number of halogens is 5. The van der Waals surface area contributed by atoms with E-state index in [1.807, 2.05) is 18.2 Å². The zero-order chi connectivity index (χ0) is 15.6. The van der Waals surface area contributed by atoms with E-state index in [1.165, 1.54) is 0 Å². The second-order valence-corrected chi connectivity index (χ2v) is 11.2. The minimum atomic E-state index is -1.35. The fraction of sp³-hybridized carbons (Fsp3) is 0.250. The minimum Gasteiger partial charge on any atom is -0.459 e. The minimum absolute atomic E-state index is 0.268. The van der Waals surface area contributed by atoms with Crippen molar-refractivity contribution in [2.24, 2.45) is 0 Å². The maximum atomic E-state index is 11.6. The van der Waals surface area contributed by atoms with Crippen LogP contribution in [0.3, 0.4) is 0 Å². The average molecular weight is 601 g/mol.